The number of phenolic OH excluding ortho intramolecular Hbond substituents is 1. The van der Waals surface area contributed by atoms with E-state index in [2.05, 4.69) is 0 Å². The van der Waals surface area contributed by atoms with Crippen LogP contribution in [0.15, 0.2) is 24.3 Å². The number of phenols is 1. The zero-order chi connectivity index (χ0) is 21.7. The van der Waals surface area contributed by atoms with Crippen LogP contribution in [-0.2, 0) is 4.74 Å². The molecule has 3 rings (SSSR count). The molecule has 1 heterocycles. The van der Waals surface area contributed by atoms with Crippen molar-refractivity contribution in [1.29, 1.82) is 0 Å². The van der Waals surface area contributed by atoms with E-state index in [0.29, 0.717) is 42.0 Å². The van der Waals surface area contributed by atoms with Gasteiger partial charge in [-0.1, -0.05) is 0 Å². The number of quaternary nitrogens is 1. The Hall–Kier alpha value is -2.84. The first-order chi connectivity index (χ1) is 14.6. The van der Waals surface area contributed by atoms with Crippen LogP contribution in [0, 0.1) is 0 Å². The van der Waals surface area contributed by atoms with Crippen molar-refractivity contribution in [3.63, 3.8) is 0 Å². The van der Waals surface area contributed by atoms with Crippen LogP contribution >= 0.6 is 0 Å². The van der Waals surface area contributed by atoms with Crippen molar-refractivity contribution in [2.45, 2.75) is 6.04 Å². The van der Waals surface area contributed by atoms with Crippen molar-refractivity contribution in [2.24, 2.45) is 0 Å². The molecule has 0 bridgehead atoms. The number of aromatic hydroxyl groups is 1. The van der Waals surface area contributed by atoms with Crippen LogP contribution in [0.4, 0.5) is 0 Å². The van der Waals surface area contributed by atoms with E-state index in [4.69, 9.17) is 28.4 Å². The standard InChI is InChI=1S/C22H29NO7/c1-25-17-12-15(16(24)13-18(17)26-2)21(23-6-8-30-9-7-23)14-10-19(27-3)22(29-5)20(11-14)28-4/h10-13,21,24H,6-9H2,1-5H3/p+1/t21-/m0/s1. The molecule has 8 heteroatoms. The molecule has 1 fully saturated rings. The Kier molecular flexibility index (Phi) is 7.12. The van der Waals surface area contributed by atoms with Crippen molar-refractivity contribution >= 4 is 0 Å². The van der Waals surface area contributed by atoms with E-state index in [-0.39, 0.29) is 11.8 Å². The molecule has 0 radical (unpaired) electrons. The fraction of sp³-hybridized carbons (Fsp3) is 0.455. The zero-order valence-corrected chi connectivity index (χ0v) is 18.1. The van der Waals surface area contributed by atoms with Gasteiger partial charge in [0.05, 0.1) is 54.3 Å². The molecule has 0 saturated carbocycles. The van der Waals surface area contributed by atoms with Gasteiger partial charge in [0.2, 0.25) is 5.75 Å². The molecule has 2 aromatic carbocycles. The van der Waals surface area contributed by atoms with Gasteiger partial charge in [-0.05, 0) is 18.2 Å². The third-order valence-corrected chi connectivity index (χ3v) is 5.41. The highest BCUT2D eigenvalue weighted by Crippen LogP contribution is 2.43. The molecule has 0 aromatic heterocycles. The number of morpholine rings is 1. The maximum absolute atomic E-state index is 10.9. The van der Waals surface area contributed by atoms with Crippen molar-refractivity contribution in [1.82, 2.24) is 0 Å². The van der Waals surface area contributed by atoms with Gasteiger partial charge in [-0.2, -0.15) is 0 Å². The second kappa shape index (κ2) is 9.77. The molecule has 0 aliphatic carbocycles. The first kappa shape index (κ1) is 21.9. The molecule has 1 aliphatic rings. The number of benzene rings is 2. The smallest absolute Gasteiger partial charge is 0.203 e. The Bertz CT molecular complexity index is 840. The first-order valence-corrected chi connectivity index (χ1v) is 9.75. The van der Waals surface area contributed by atoms with Crippen molar-refractivity contribution in [3.05, 3.63) is 35.4 Å². The summed E-state index contributed by atoms with van der Waals surface area (Å²) in [5.74, 6) is 2.80. The number of methoxy groups -OCH3 is 5. The minimum atomic E-state index is -0.206. The molecule has 1 atom stereocenters. The largest absolute Gasteiger partial charge is 0.507 e. The van der Waals surface area contributed by atoms with Crippen LogP contribution in [0.3, 0.4) is 0 Å². The van der Waals surface area contributed by atoms with E-state index >= 15 is 0 Å². The van der Waals surface area contributed by atoms with Gasteiger partial charge in [0.15, 0.2) is 23.0 Å². The van der Waals surface area contributed by atoms with Gasteiger partial charge in [0.1, 0.15) is 24.9 Å². The SMILES string of the molecule is COc1cc(O)c([C@H](c2cc(OC)c(OC)c(OC)c2)[NH+]2CCOCC2)cc1OC. The minimum Gasteiger partial charge on any atom is -0.507 e. The summed E-state index contributed by atoms with van der Waals surface area (Å²) in [6.45, 7) is 2.86. The second-order valence-electron chi connectivity index (χ2n) is 6.93. The predicted molar refractivity (Wildman–Crippen MR) is 111 cm³/mol. The average molecular weight is 420 g/mol. The lowest BCUT2D eigenvalue weighted by Crippen LogP contribution is -3.14. The maximum Gasteiger partial charge on any atom is 0.203 e. The van der Waals surface area contributed by atoms with E-state index in [9.17, 15) is 5.11 Å². The fourth-order valence-corrected chi connectivity index (χ4v) is 3.94. The summed E-state index contributed by atoms with van der Waals surface area (Å²) in [5.41, 5.74) is 1.64. The summed E-state index contributed by atoms with van der Waals surface area (Å²) in [4.78, 5) is 1.25. The highest BCUT2D eigenvalue weighted by atomic mass is 16.5. The van der Waals surface area contributed by atoms with Gasteiger partial charge < -0.3 is 38.4 Å². The molecule has 0 amide bonds. The molecule has 30 heavy (non-hydrogen) atoms. The Labute approximate surface area is 176 Å². The van der Waals surface area contributed by atoms with E-state index in [1.807, 2.05) is 18.2 Å². The lowest BCUT2D eigenvalue weighted by atomic mass is 9.94. The van der Waals surface area contributed by atoms with Crippen LogP contribution < -0.4 is 28.6 Å². The molecule has 0 spiro atoms. The van der Waals surface area contributed by atoms with E-state index in [0.717, 1.165) is 24.2 Å². The van der Waals surface area contributed by atoms with E-state index in [1.165, 1.54) is 4.90 Å². The van der Waals surface area contributed by atoms with Crippen molar-refractivity contribution in [3.8, 4) is 34.5 Å². The summed E-state index contributed by atoms with van der Waals surface area (Å²) in [6.07, 6.45) is 0. The van der Waals surface area contributed by atoms with Crippen molar-refractivity contribution < 1.29 is 38.4 Å². The van der Waals surface area contributed by atoms with Crippen molar-refractivity contribution in [2.75, 3.05) is 61.9 Å². The van der Waals surface area contributed by atoms with Gasteiger partial charge in [-0.3, -0.25) is 0 Å². The van der Waals surface area contributed by atoms with E-state index < -0.39 is 0 Å². The normalized spacial score (nSPS) is 15.4. The summed E-state index contributed by atoms with van der Waals surface area (Å²) >= 11 is 0. The summed E-state index contributed by atoms with van der Waals surface area (Å²) < 4.78 is 33.0. The number of rotatable bonds is 8. The lowest BCUT2D eigenvalue weighted by molar-refractivity contribution is -0.933. The molecule has 2 aromatic rings. The number of nitrogens with one attached hydrogen (secondary N) is 1. The number of ether oxygens (including phenoxy) is 6. The topological polar surface area (TPSA) is 80.1 Å². The number of hydrogen-bond donors (Lipinski definition) is 2. The molecule has 1 saturated heterocycles. The van der Waals surface area contributed by atoms with Crippen LogP contribution in [0.1, 0.15) is 17.2 Å². The van der Waals surface area contributed by atoms with Crippen LogP contribution in [-0.4, -0.2) is 67.0 Å². The lowest BCUT2D eigenvalue weighted by Gasteiger charge is -2.33. The summed E-state index contributed by atoms with van der Waals surface area (Å²) in [6, 6.07) is 7.04. The van der Waals surface area contributed by atoms with Gasteiger partial charge in [-0.15, -0.1) is 0 Å². The van der Waals surface area contributed by atoms with Crippen LogP contribution in [0.5, 0.6) is 34.5 Å². The third kappa shape index (κ3) is 4.20. The number of hydrogen-bond acceptors (Lipinski definition) is 7. The third-order valence-electron chi connectivity index (χ3n) is 5.41. The first-order valence-electron chi connectivity index (χ1n) is 9.75. The van der Waals surface area contributed by atoms with Crippen LogP contribution in [0.2, 0.25) is 0 Å². The zero-order valence-electron chi connectivity index (χ0n) is 18.1. The van der Waals surface area contributed by atoms with Gasteiger partial charge >= 0.3 is 0 Å². The summed E-state index contributed by atoms with van der Waals surface area (Å²) in [5, 5.41) is 10.9. The molecule has 0 unspecified atom stereocenters. The predicted octanol–water partition coefficient (Wildman–Crippen LogP) is 1.44. The molecule has 8 nitrogen and oxygen atoms in total. The summed E-state index contributed by atoms with van der Waals surface area (Å²) in [7, 11) is 7.87. The Morgan fingerprint density at radius 2 is 1.30 bits per heavy atom. The molecule has 1 aliphatic heterocycles. The Morgan fingerprint density at radius 3 is 1.80 bits per heavy atom. The fourth-order valence-electron chi connectivity index (χ4n) is 3.94. The average Bonchev–Trinajstić information content (AvgIpc) is 2.79. The Morgan fingerprint density at radius 1 is 0.767 bits per heavy atom. The van der Waals surface area contributed by atoms with Gasteiger partial charge in [0, 0.05) is 11.6 Å². The highest BCUT2D eigenvalue weighted by Gasteiger charge is 2.33. The highest BCUT2D eigenvalue weighted by molar-refractivity contribution is 5.57. The molecular weight excluding hydrogens is 390 g/mol. The monoisotopic (exact) mass is 420 g/mol. The second-order valence-corrected chi connectivity index (χ2v) is 6.93. The van der Waals surface area contributed by atoms with E-state index in [1.54, 1.807) is 41.6 Å². The minimum absolute atomic E-state index is 0.130. The molecule has 2 N–H and O–H groups in total. The van der Waals surface area contributed by atoms with Crippen LogP contribution in [0.25, 0.3) is 0 Å². The molecule has 164 valence electrons. The van der Waals surface area contributed by atoms with Gasteiger partial charge in [0.25, 0.3) is 0 Å². The quantitative estimate of drug-likeness (QED) is 0.669. The maximum atomic E-state index is 10.9. The molecular formula is C22H30NO7+. The van der Waals surface area contributed by atoms with Gasteiger partial charge in [-0.25, -0.2) is 0 Å². The Balaban J connectivity index is 2.20.